The smallest absolute Gasteiger partial charge is 0.239 e. The number of amides is 1. The predicted molar refractivity (Wildman–Crippen MR) is 73.1 cm³/mol. The Hall–Kier alpha value is -0.870. The summed E-state index contributed by atoms with van der Waals surface area (Å²) in [6, 6.07) is 3.99. The van der Waals surface area contributed by atoms with E-state index in [1.165, 1.54) is 4.88 Å². The molecule has 0 saturated heterocycles. The molecule has 0 saturated carbocycles. The molecular formula is C13H22N2OS. The number of rotatable bonds is 6. The van der Waals surface area contributed by atoms with Crippen LogP contribution in [0, 0.1) is 0 Å². The Morgan fingerprint density at radius 2 is 2.29 bits per heavy atom. The first kappa shape index (κ1) is 14.2. The summed E-state index contributed by atoms with van der Waals surface area (Å²) >= 11 is 1.73. The number of carbonyl (C=O) groups excluding carboxylic acids is 1. The summed E-state index contributed by atoms with van der Waals surface area (Å²) in [5.41, 5.74) is 5.85. The van der Waals surface area contributed by atoms with Crippen molar-refractivity contribution >= 4 is 17.2 Å². The third kappa shape index (κ3) is 4.13. The lowest BCUT2D eigenvalue weighted by atomic mass is 10.1. The van der Waals surface area contributed by atoms with Crippen molar-refractivity contribution in [3.05, 3.63) is 22.4 Å². The van der Waals surface area contributed by atoms with Crippen molar-refractivity contribution < 1.29 is 4.79 Å². The zero-order valence-corrected chi connectivity index (χ0v) is 11.7. The molecule has 0 aromatic carbocycles. The molecule has 0 aliphatic carbocycles. The second kappa shape index (κ2) is 6.77. The van der Waals surface area contributed by atoms with Gasteiger partial charge in [-0.2, -0.15) is 0 Å². The summed E-state index contributed by atoms with van der Waals surface area (Å²) in [5, 5.41) is 2.06. The molecule has 1 heterocycles. The van der Waals surface area contributed by atoms with Crippen LogP contribution in [0.25, 0.3) is 0 Å². The average Bonchev–Trinajstić information content (AvgIpc) is 2.80. The summed E-state index contributed by atoms with van der Waals surface area (Å²) in [7, 11) is 1.84. The van der Waals surface area contributed by atoms with E-state index in [1.54, 1.807) is 16.2 Å². The molecule has 0 aliphatic rings. The number of likely N-dealkylation sites (N-methyl/N-ethyl adjacent to an activating group) is 1. The predicted octanol–water partition coefficient (Wildman–Crippen LogP) is 2.26. The summed E-state index contributed by atoms with van der Waals surface area (Å²) < 4.78 is 0. The standard InChI is InChI=1S/C13H22N2OS/c1-4-6-12(14)13(16)15(3)10(2)9-11-7-5-8-17-11/h5,7-8,10,12H,4,6,9,14H2,1-3H3/t10?,12-/m1/s1. The molecule has 1 aromatic rings. The molecule has 0 fully saturated rings. The van der Waals surface area contributed by atoms with Crippen molar-refractivity contribution in [1.29, 1.82) is 0 Å². The van der Waals surface area contributed by atoms with E-state index >= 15 is 0 Å². The molecule has 4 heteroatoms. The van der Waals surface area contributed by atoms with E-state index in [2.05, 4.69) is 18.4 Å². The number of carbonyl (C=O) groups is 1. The summed E-state index contributed by atoms with van der Waals surface area (Å²) in [5.74, 6) is 0.0518. The highest BCUT2D eigenvalue weighted by Gasteiger charge is 2.21. The van der Waals surface area contributed by atoms with E-state index in [1.807, 2.05) is 20.0 Å². The van der Waals surface area contributed by atoms with Gasteiger partial charge < -0.3 is 10.6 Å². The fraction of sp³-hybridized carbons (Fsp3) is 0.615. The van der Waals surface area contributed by atoms with E-state index in [-0.39, 0.29) is 18.0 Å². The molecule has 96 valence electrons. The largest absolute Gasteiger partial charge is 0.341 e. The van der Waals surface area contributed by atoms with Crippen LogP contribution in [0.1, 0.15) is 31.6 Å². The number of nitrogens with zero attached hydrogens (tertiary/aromatic N) is 1. The highest BCUT2D eigenvalue weighted by Crippen LogP contribution is 2.14. The molecule has 17 heavy (non-hydrogen) atoms. The lowest BCUT2D eigenvalue weighted by molar-refractivity contribution is -0.133. The Morgan fingerprint density at radius 3 is 2.82 bits per heavy atom. The normalized spacial score (nSPS) is 14.4. The van der Waals surface area contributed by atoms with E-state index in [0.29, 0.717) is 0 Å². The van der Waals surface area contributed by atoms with Crippen molar-refractivity contribution in [3.8, 4) is 0 Å². The maximum Gasteiger partial charge on any atom is 0.239 e. The fourth-order valence-electron chi connectivity index (χ4n) is 1.77. The third-order valence-corrected chi connectivity index (χ3v) is 3.90. The maximum atomic E-state index is 12.0. The van der Waals surface area contributed by atoms with Gasteiger partial charge in [0.25, 0.3) is 0 Å². The lowest BCUT2D eigenvalue weighted by Crippen LogP contribution is -2.46. The van der Waals surface area contributed by atoms with Crippen LogP contribution in [0.2, 0.25) is 0 Å². The van der Waals surface area contributed by atoms with Gasteiger partial charge in [-0.25, -0.2) is 0 Å². The Bertz CT molecular complexity index is 337. The zero-order chi connectivity index (χ0) is 12.8. The van der Waals surface area contributed by atoms with Gasteiger partial charge >= 0.3 is 0 Å². The first-order valence-electron chi connectivity index (χ1n) is 6.10. The molecule has 2 N–H and O–H groups in total. The molecule has 1 aromatic heterocycles. The Labute approximate surface area is 108 Å². The second-order valence-electron chi connectivity index (χ2n) is 4.48. The van der Waals surface area contributed by atoms with Crippen LogP contribution >= 0.6 is 11.3 Å². The van der Waals surface area contributed by atoms with Gasteiger partial charge in [0.05, 0.1) is 6.04 Å². The third-order valence-electron chi connectivity index (χ3n) is 3.00. The van der Waals surface area contributed by atoms with Crippen LogP contribution < -0.4 is 5.73 Å². The van der Waals surface area contributed by atoms with Crippen LogP contribution in [0.4, 0.5) is 0 Å². The summed E-state index contributed by atoms with van der Waals surface area (Å²) in [6.45, 7) is 4.11. The van der Waals surface area contributed by atoms with E-state index in [9.17, 15) is 4.79 Å². The number of nitrogens with two attached hydrogens (primary N) is 1. The molecule has 0 aliphatic heterocycles. The summed E-state index contributed by atoms with van der Waals surface area (Å²) in [6.07, 6.45) is 2.60. The van der Waals surface area contributed by atoms with Gasteiger partial charge in [-0.1, -0.05) is 19.4 Å². The minimum atomic E-state index is -0.351. The van der Waals surface area contributed by atoms with Crippen molar-refractivity contribution in [2.24, 2.45) is 5.73 Å². The van der Waals surface area contributed by atoms with Crippen LogP contribution in [-0.2, 0) is 11.2 Å². The SMILES string of the molecule is CCC[C@@H](N)C(=O)N(C)C(C)Cc1cccs1. The van der Waals surface area contributed by atoms with Crippen LogP contribution in [0.15, 0.2) is 17.5 Å². The first-order valence-corrected chi connectivity index (χ1v) is 6.98. The fourth-order valence-corrected chi connectivity index (χ4v) is 2.60. The topological polar surface area (TPSA) is 46.3 Å². The first-order chi connectivity index (χ1) is 8.06. The van der Waals surface area contributed by atoms with Gasteiger partial charge in [0, 0.05) is 24.4 Å². The molecule has 2 atom stereocenters. The molecule has 0 bridgehead atoms. The minimum Gasteiger partial charge on any atom is -0.341 e. The zero-order valence-electron chi connectivity index (χ0n) is 10.8. The maximum absolute atomic E-state index is 12.0. The molecule has 1 amide bonds. The van der Waals surface area contributed by atoms with Gasteiger partial charge in [0.15, 0.2) is 0 Å². The molecular weight excluding hydrogens is 232 g/mol. The molecule has 1 unspecified atom stereocenters. The quantitative estimate of drug-likeness (QED) is 0.846. The van der Waals surface area contributed by atoms with Crippen LogP contribution in [0.5, 0.6) is 0 Å². The molecule has 3 nitrogen and oxygen atoms in total. The van der Waals surface area contributed by atoms with Crippen molar-refractivity contribution in [3.63, 3.8) is 0 Å². The van der Waals surface area contributed by atoms with Gasteiger partial charge in [-0.05, 0) is 24.8 Å². The van der Waals surface area contributed by atoms with E-state index in [0.717, 1.165) is 19.3 Å². The van der Waals surface area contributed by atoms with Gasteiger partial charge in [0.1, 0.15) is 0 Å². The van der Waals surface area contributed by atoms with Gasteiger partial charge in [-0.3, -0.25) is 4.79 Å². The van der Waals surface area contributed by atoms with Crippen LogP contribution in [-0.4, -0.2) is 29.9 Å². The number of hydrogen-bond acceptors (Lipinski definition) is 3. The Morgan fingerprint density at radius 1 is 1.59 bits per heavy atom. The van der Waals surface area contributed by atoms with Crippen molar-refractivity contribution in [2.75, 3.05) is 7.05 Å². The molecule has 0 radical (unpaired) electrons. The molecule has 0 spiro atoms. The summed E-state index contributed by atoms with van der Waals surface area (Å²) in [4.78, 5) is 15.1. The van der Waals surface area contributed by atoms with Gasteiger partial charge in [0.2, 0.25) is 5.91 Å². The van der Waals surface area contributed by atoms with Crippen LogP contribution in [0.3, 0.4) is 0 Å². The van der Waals surface area contributed by atoms with Crippen molar-refractivity contribution in [2.45, 2.75) is 45.2 Å². The van der Waals surface area contributed by atoms with E-state index in [4.69, 9.17) is 5.73 Å². The Kier molecular flexibility index (Phi) is 5.65. The highest BCUT2D eigenvalue weighted by atomic mass is 32.1. The van der Waals surface area contributed by atoms with Gasteiger partial charge in [-0.15, -0.1) is 11.3 Å². The number of hydrogen-bond donors (Lipinski definition) is 1. The lowest BCUT2D eigenvalue weighted by Gasteiger charge is -2.27. The average molecular weight is 254 g/mol. The van der Waals surface area contributed by atoms with Crippen molar-refractivity contribution in [1.82, 2.24) is 4.90 Å². The Balaban J connectivity index is 2.51. The minimum absolute atomic E-state index is 0.0518. The number of thiophene rings is 1. The molecule has 1 rings (SSSR count). The monoisotopic (exact) mass is 254 g/mol. The highest BCUT2D eigenvalue weighted by molar-refractivity contribution is 7.09. The van der Waals surface area contributed by atoms with E-state index < -0.39 is 0 Å². The second-order valence-corrected chi connectivity index (χ2v) is 5.51.